The van der Waals surface area contributed by atoms with E-state index in [4.69, 9.17) is 0 Å². The van der Waals surface area contributed by atoms with Crippen molar-refractivity contribution in [2.24, 2.45) is 0 Å². The Morgan fingerprint density at radius 1 is 1.10 bits per heavy atom. The molecule has 3 saturated carbocycles. The fourth-order valence-electron chi connectivity index (χ4n) is 3.31. The minimum absolute atomic E-state index is 0.0886. The zero-order chi connectivity index (χ0) is 14.4. The highest BCUT2D eigenvalue weighted by atomic mass is 19.4. The number of nitrogens with one attached hydrogen (secondary N) is 2. The van der Waals surface area contributed by atoms with Gasteiger partial charge >= 0.3 is 12.1 Å². The highest BCUT2D eigenvalue weighted by Gasteiger charge is 2.69. The Morgan fingerprint density at radius 3 is 2.25 bits per heavy atom. The van der Waals surface area contributed by atoms with E-state index in [1.54, 1.807) is 0 Å². The van der Waals surface area contributed by atoms with Crippen LogP contribution < -0.4 is 10.6 Å². The van der Waals surface area contributed by atoms with Crippen molar-refractivity contribution < 1.29 is 18.0 Å². The molecule has 20 heavy (non-hydrogen) atoms. The van der Waals surface area contributed by atoms with E-state index >= 15 is 0 Å². The number of hydrogen-bond donors (Lipinski definition) is 2. The summed E-state index contributed by atoms with van der Waals surface area (Å²) < 4.78 is 36.6. The first-order valence-electron chi connectivity index (χ1n) is 6.51. The van der Waals surface area contributed by atoms with E-state index in [0.29, 0.717) is 25.8 Å². The van der Waals surface area contributed by atoms with Crippen molar-refractivity contribution in [3.8, 4) is 0 Å². The Hall–Kier alpha value is -1.56. The average molecular weight is 284 g/mol. The molecule has 0 aromatic heterocycles. The van der Waals surface area contributed by atoms with Crippen LogP contribution in [0.3, 0.4) is 0 Å². The predicted octanol–water partition coefficient (Wildman–Crippen LogP) is 2.13. The molecule has 0 saturated heterocycles. The molecule has 1 aromatic carbocycles. The van der Waals surface area contributed by atoms with Crippen LogP contribution in [0.25, 0.3) is 0 Å². The van der Waals surface area contributed by atoms with Gasteiger partial charge in [0.15, 0.2) is 0 Å². The fourth-order valence-corrected chi connectivity index (χ4v) is 3.31. The molecule has 2 N–H and O–H groups in total. The fraction of sp³-hybridized carbons (Fsp3) is 0.500. The van der Waals surface area contributed by atoms with Crippen LogP contribution in [0.15, 0.2) is 30.3 Å². The molecule has 6 heteroatoms. The number of amides is 1. The van der Waals surface area contributed by atoms with E-state index < -0.39 is 17.6 Å². The van der Waals surface area contributed by atoms with Gasteiger partial charge in [0.25, 0.3) is 0 Å². The summed E-state index contributed by atoms with van der Waals surface area (Å²) >= 11 is 0. The number of benzene rings is 1. The largest absolute Gasteiger partial charge is 0.471 e. The molecule has 108 valence electrons. The highest BCUT2D eigenvalue weighted by molar-refractivity contribution is 5.83. The third-order valence-electron chi connectivity index (χ3n) is 4.18. The van der Waals surface area contributed by atoms with Gasteiger partial charge in [-0.15, -0.1) is 0 Å². The van der Waals surface area contributed by atoms with Crippen molar-refractivity contribution in [1.29, 1.82) is 0 Å². The van der Waals surface area contributed by atoms with Gasteiger partial charge in [-0.05, 0) is 24.8 Å². The normalized spacial score (nSPS) is 31.1. The monoisotopic (exact) mass is 284 g/mol. The third-order valence-corrected chi connectivity index (χ3v) is 4.18. The molecule has 3 fully saturated rings. The zero-order valence-corrected chi connectivity index (χ0v) is 10.8. The van der Waals surface area contributed by atoms with Crippen LogP contribution in [0.2, 0.25) is 0 Å². The summed E-state index contributed by atoms with van der Waals surface area (Å²) in [5.74, 6) is -1.83. The first-order valence-corrected chi connectivity index (χ1v) is 6.51. The molecule has 0 atom stereocenters. The second kappa shape index (κ2) is 4.22. The zero-order valence-electron chi connectivity index (χ0n) is 10.8. The lowest BCUT2D eigenvalue weighted by Gasteiger charge is -2.70. The van der Waals surface area contributed by atoms with Crippen LogP contribution >= 0.6 is 0 Å². The van der Waals surface area contributed by atoms with Gasteiger partial charge in [0.1, 0.15) is 0 Å². The number of alkyl halides is 3. The van der Waals surface area contributed by atoms with Crippen molar-refractivity contribution in [1.82, 2.24) is 10.6 Å². The van der Waals surface area contributed by atoms with Crippen molar-refractivity contribution in [3.05, 3.63) is 35.9 Å². The van der Waals surface area contributed by atoms with Gasteiger partial charge < -0.3 is 10.6 Å². The predicted molar refractivity (Wildman–Crippen MR) is 66.8 cm³/mol. The van der Waals surface area contributed by atoms with Crippen LogP contribution in [0.1, 0.15) is 24.8 Å². The Labute approximate surface area is 114 Å². The molecule has 2 bridgehead atoms. The summed E-state index contributed by atoms with van der Waals surface area (Å²) in [7, 11) is 0. The Bertz CT molecular complexity index is 507. The maximum absolute atomic E-state index is 12.2. The van der Waals surface area contributed by atoms with Crippen LogP contribution in [0.4, 0.5) is 13.2 Å². The Kier molecular flexibility index (Phi) is 2.83. The highest BCUT2D eigenvalue weighted by Crippen LogP contribution is 2.60. The summed E-state index contributed by atoms with van der Waals surface area (Å²) in [4.78, 5) is 10.9. The third kappa shape index (κ3) is 2.28. The van der Waals surface area contributed by atoms with Crippen LogP contribution in [0.5, 0.6) is 0 Å². The molecule has 1 amide bonds. The number of carbonyl (C=O) groups excluding carboxylic acids is 1. The summed E-state index contributed by atoms with van der Waals surface area (Å²) in [5.41, 5.74) is 0.427. The van der Waals surface area contributed by atoms with Crippen LogP contribution in [0, 0.1) is 0 Å². The molecule has 1 aromatic rings. The van der Waals surface area contributed by atoms with Crippen molar-refractivity contribution in [3.63, 3.8) is 0 Å². The van der Waals surface area contributed by atoms with Gasteiger partial charge in [-0.2, -0.15) is 13.2 Å². The molecule has 0 radical (unpaired) electrons. The van der Waals surface area contributed by atoms with Gasteiger partial charge in [0.2, 0.25) is 0 Å². The molecule has 4 rings (SSSR count). The standard InChI is InChI=1S/C14H15F3N2O/c15-14(16,17)11(20)19-13-7-12(8-13,9-13)18-6-10-4-2-1-3-5-10/h1-5,18H,6-9H2,(H,19,20). The van der Waals surface area contributed by atoms with Crippen LogP contribution in [-0.2, 0) is 11.3 Å². The minimum Gasteiger partial charge on any atom is -0.343 e. The topological polar surface area (TPSA) is 41.1 Å². The lowest BCUT2D eigenvalue weighted by atomic mass is 9.44. The minimum atomic E-state index is -4.79. The molecule has 0 aliphatic heterocycles. The smallest absolute Gasteiger partial charge is 0.343 e. The number of carbonyl (C=O) groups is 1. The van der Waals surface area contributed by atoms with Gasteiger partial charge in [-0.25, -0.2) is 0 Å². The van der Waals surface area contributed by atoms with E-state index in [0.717, 1.165) is 5.56 Å². The first-order chi connectivity index (χ1) is 9.33. The van der Waals surface area contributed by atoms with Crippen molar-refractivity contribution in [2.45, 2.75) is 43.1 Å². The average Bonchev–Trinajstić information content (AvgIpc) is 2.30. The maximum atomic E-state index is 12.2. The number of halogens is 3. The SMILES string of the molecule is O=C(NC12CC(NCc3ccccc3)(C1)C2)C(F)(F)F. The van der Waals surface area contributed by atoms with Gasteiger partial charge in [0.05, 0.1) is 0 Å². The lowest BCUT2D eigenvalue weighted by molar-refractivity contribution is -0.187. The number of rotatable bonds is 4. The Morgan fingerprint density at radius 2 is 1.70 bits per heavy atom. The summed E-state index contributed by atoms with van der Waals surface area (Å²) in [6.45, 7) is 0.699. The summed E-state index contributed by atoms with van der Waals surface area (Å²) in [6.07, 6.45) is -3.06. The molecule has 3 aliphatic rings. The molecular weight excluding hydrogens is 269 g/mol. The van der Waals surface area contributed by atoms with Crippen molar-refractivity contribution in [2.75, 3.05) is 0 Å². The van der Waals surface area contributed by atoms with Crippen molar-refractivity contribution >= 4 is 5.91 Å². The van der Waals surface area contributed by atoms with E-state index in [1.807, 2.05) is 30.3 Å². The maximum Gasteiger partial charge on any atom is 0.471 e. The number of hydrogen-bond acceptors (Lipinski definition) is 2. The van der Waals surface area contributed by atoms with E-state index in [-0.39, 0.29) is 5.54 Å². The molecular formula is C14H15F3N2O. The molecule has 3 nitrogen and oxygen atoms in total. The second-order valence-electron chi connectivity index (χ2n) is 5.88. The van der Waals surface area contributed by atoms with Gasteiger partial charge in [0, 0.05) is 17.6 Å². The van der Waals surface area contributed by atoms with Gasteiger partial charge in [-0.1, -0.05) is 30.3 Å². The first kappa shape index (κ1) is 13.4. The van der Waals surface area contributed by atoms with Crippen LogP contribution in [-0.4, -0.2) is 23.2 Å². The van der Waals surface area contributed by atoms with E-state index in [2.05, 4.69) is 10.6 Å². The molecule has 3 aliphatic carbocycles. The lowest BCUT2D eigenvalue weighted by Crippen LogP contribution is -2.83. The molecule has 0 spiro atoms. The van der Waals surface area contributed by atoms with E-state index in [9.17, 15) is 18.0 Å². The summed E-state index contributed by atoms with van der Waals surface area (Å²) in [6, 6.07) is 9.83. The molecule has 0 heterocycles. The second-order valence-corrected chi connectivity index (χ2v) is 5.88. The Balaban J connectivity index is 1.48. The molecule has 0 unspecified atom stereocenters. The summed E-state index contributed by atoms with van der Waals surface area (Å²) in [5, 5.41) is 5.50. The van der Waals surface area contributed by atoms with Gasteiger partial charge in [-0.3, -0.25) is 4.79 Å². The quantitative estimate of drug-likeness (QED) is 0.889. The van der Waals surface area contributed by atoms with E-state index in [1.165, 1.54) is 0 Å².